The Morgan fingerprint density at radius 1 is 1.65 bits per heavy atom. The van der Waals surface area contributed by atoms with Gasteiger partial charge in [0, 0.05) is 17.6 Å². The highest BCUT2D eigenvalue weighted by Crippen LogP contribution is 2.31. The smallest absolute Gasteiger partial charge is 0.291 e. The second-order valence-electron chi connectivity index (χ2n) is 4.40. The number of anilines is 1. The Balaban J connectivity index is 3.13. The summed E-state index contributed by atoms with van der Waals surface area (Å²) < 4.78 is 0.591. The largest absolute Gasteiger partial charge is 0.363 e. The van der Waals surface area contributed by atoms with Gasteiger partial charge in [-0.15, -0.1) is 0 Å². The summed E-state index contributed by atoms with van der Waals surface area (Å²) in [6.07, 6.45) is 1.25. The van der Waals surface area contributed by atoms with Crippen LogP contribution >= 0.6 is 15.9 Å². The Morgan fingerprint density at radius 2 is 2.24 bits per heavy atom. The second-order valence-corrected chi connectivity index (χ2v) is 5.19. The van der Waals surface area contributed by atoms with E-state index >= 15 is 0 Å². The van der Waals surface area contributed by atoms with Gasteiger partial charge in [0.15, 0.2) is 0 Å². The molecule has 1 rings (SSSR count). The van der Waals surface area contributed by atoms with Crippen molar-refractivity contribution < 1.29 is 4.92 Å². The number of nitrogens with one attached hydrogen (secondary N) is 1. The molecule has 3 N–H and O–H groups in total. The van der Waals surface area contributed by atoms with Crippen LogP contribution in [0.1, 0.15) is 19.4 Å². The van der Waals surface area contributed by atoms with Crippen LogP contribution in [-0.4, -0.2) is 22.0 Å². The highest BCUT2D eigenvalue weighted by atomic mass is 79.9. The highest BCUT2D eigenvalue weighted by Gasteiger charge is 2.21. The van der Waals surface area contributed by atoms with Gasteiger partial charge in [0.05, 0.1) is 9.40 Å². The molecule has 0 bridgehead atoms. The Hall–Kier alpha value is -1.21. The van der Waals surface area contributed by atoms with Gasteiger partial charge in [0.2, 0.25) is 0 Å². The van der Waals surface area contributed by atoms with E-state index in [0.29, 0.717) is 22.4 Å². The molecule has 0 spiro atoms. The molecule has 0 aliphatic carbocycles. The van der Waals surface area contributed by atoms with Gasteiger partial charge < -0.3 is 11.1 Å². The van der Waals surface area contributed by atoms with Gasteiger partial charge in [-0.25, -0.2) is 4.98 Å². The zero-order chi connectivity index (χ0) is 13.2. The van der Waals surface area contributed by atoms with Crippen LogP contribution in [0.15, 0.2) is 10.7 Å². The van der Waals surface area contributed by atoms with Crippen LogP contribution in [0, 0.1) is 17.0 Å². The van der Waals surface area contributed by atoms with E-state index in [4.69, 9.17) is 5.73 Å². The van der Waals surface area contributed by atoms with Crippen molar-refractivity contribution in [2.75, 3.05) is 11.9 Å². The summed E-state index contributed by atoms with van der Waals surface area (Å²) in [4.78, 5) is 14.3. The van der Waals surface area contributed by atoms with Gasteiger partial charge in [-0.3, -0.25) is 10.1 Å². The number of halogens is 1. The first-order valence-corrected chi connectivity index (χ1v) is 5.85. The van der Waals surface area contributed by atoms with Gasteiger partial charge >= 0.3 is 0 Å². The standard InChI is InChI=1S/C10H15BrN4O2/c1-6-7(15(16)17)4-13-9(8(6)11)14-10(2,3)5-12/h4H,5,12H2,1-3H3,(H,13,14). The van der Waals surface area contributed by atoms with Crippen LogP contribution in [0.25, 0.3) is 0 Å². The molecule has 0 unspecified atom stereocenters. The lowest BCUT2D eigenvalue weighted by molar-refractivity contribution is -0.385. The summed E-state index contributed by atoms with van der Waals surface area (Å²) in [5.41, 5.74) is 5.82. The maximum Gasteiger partial charge on any atom is 0.291 e. The van der Waals surface area contributed by atoms with E-state index in [-0.39, 0.29) is 11.2 Å². The van der Waals surface area contributed by atoms with Gasteiger partial charge in [0.1, 0.15) is 12.0 Å². The monoisotopic (exact) mass is 302 g/mol. The molecule has 1 aromatic heterocycles. The molecule has 0 saturated heterocycles. The zero-order valence-electron chi connectivity index (χ0n) is 9.95. The molecule has 6 nitrogen and oxygen atoms in total. The summed E-state index contributed by atoms with van der Waals surface area (Å²) in [6.45, 7) is 5.96. The third kappa shape index (κ3) is 3.13. The average molecular weight is 303 g/mol. The predicted octanol–water partition coefficient (Wildman–Crippen LogP) is 2.21. The third-order valence-corrected chi connectivity index (χ3v) is 3.37. The minimum Gasteiger partial charge on any atom is -0.363 e. The van der Waals surface area contributed by atoms with Crippen molar-refractivity contribution in [3.8, 4) is 0 Å². The molecule has 1 heterocycles. The lowest BCUT2D eigenvalue weighted by Crippen LogP contribution is -2.39. The molecule has 0 amide bonds. The molecule has 0 atom stereocenters. The van der Waals surface area contributed by atoms with Crippen molar-refractivity contribution in [1.29, 1.82) is 0 Å². The minimum atomic E-state index is -0.453. The molecule has 94 valence electrons. The highest BCUT2D eigenvalue weighted by molar-refractivity contribution is 9.10. The number of hydrogen-bond acceptors (Lipinski definition) is 5. The van der Waals surface area contributed by atoms with Crippen molar-refractivity contribution in [1.82, 2.24) is 4.98 Å². The van der Waals surface area contributed by atoms with Crippen LogP contribution in [0.2, 0.25) is 0 Å². The summed E-state index contributed by atoms with van der Waals surface area (Å²) in [7, 11) is 0. The van der Waals surface area contributed by atoms with Crippen LogP contribution in [0.4, 0.5) is 11.5 Å². The molecular formula is C10H15BrN4O2. The number of nitrogens with two attached hydrogens (primary N) is 1. The molecule has 1 aromatic rings. The molecule has 0 fully saturated rings. The lowest BCUT2D eigenvalue weighted by Gasteiger charge is -2.25. The van der Waals surface area contributed by atoms with Crippen LogP contribution in [-0.2, 0) is 0 Å². The van der Waals surface area contributed by atoms with E-state index in [9.17, 15) is 10.1 Å². The number of nitrogens with zero attached hydrogens (tertiary/aromatic N) is 2. The van der Waals surface area contributed by atoms with E-state index in [2.05, 4.69) is 26.2 Å². The summed E-state index contributed by atoms with van der Waals surface area (Å²) >= 11 is 3.31. The summed E-state index contributed by atoms with van der Waals surface area (Å²) in [5, 5.41) is 13.9. The van der Waals surface area contributed by atoms with Gasteiger partial charge in [-0.2, -0.15) is 0 Å². The molecule has 0 aliphatic rings. The minimum absolute atomic E-state index is 0.00650. The van der Waals surface area contributed by atoms with Crippen LogP contribution in [0.3, 0.4) is 0 Å². The molecule has 7 heteroatoms. The van der Waals surface area contributed by atoms with Crippen molar-refractivity contribution in [2.24, 2.45) is 5.73 Å². The number of aromatic nitrogens is 1. The first-order valence-electron chi connectivity index (χ1n) is 5.06. The lowest BCUT2D eigenvalue weighted by atomic mass is 10.1. The Bertz CT molecular complexity index is 448. The van der Waals surface area contributed by atoms with Gasteiger partial charge in [0.25, 0.3) is 5.69 Å². The predicted molar refractivity (Wildman–Crippen MR) is 70.1 cm³/mol. The maximum atomic E-state index is 10.7. The number of hydrogen-bond donors (Lipinski definition) is 2. The van der Waals surface area contributed by atoms with Crippen molar-refractivity contribution in [2.45, 2.75) is 26.3 Å². The average Bonchev–Trinajstić information content (AvgIpc) is 2.24. The van der Waals surface area contributed by atoms with E-state index in [1.807, 2.05) is 13.8 Å². The van der Waals surface area contributed by atoms with E-state index in [1.165, 1.54) is 6.20 Å². The van der Waals surface area contributed by atoms with Crippen molar-refractivity contribution >= 4 is 27.4 Å². The fourth-order valence-electron chi connectivity index (χ4n) is 1.21. The van der Waals surface area contributed by atoms with E-state index in [0.717, 1.165) is 0 Å². The van der Waals surface area contributed by atoms with Crippen molar-refractivity contribution in [3.63, 3.8) is 0 Å². The van der Waals surface area contributed by atoms with Gasteiger partial charge in [-0.05, 0) is 36.7 Å². The molecule has 0 aromatic carbocycles. The SMILES string of the molecule is Cc1c([N+](=O)[O-])cnc(NC(C)(C)CN)c1Br. The van der Waals surface area contributed by atoms with E-state index in [1.54, 1.807) is 6.92 Å². The number of pyridine rings is 1. The van der Waals surface area contributed by atoms with Crippen molar-refractivity contribution in [3.05, 3.63) is 26.3 Å². The van der Waals surface area contributed by atoms with Crippen LogP contribution in [0.5, 0.6) is 0 Å². The molecule has 0 radical (unpaired) electrons. The fraction of sp³-hybridized carbons (Fsp3) is 0.500. The first-order chi connectivity index (χ1) is 7.78. The summed E-state index contributed by atoms with van der Waals surface area (Å²) in [6, 6.07) is 0. The van der Waals surface area contributed by atoms with Gasteiger partial charge in [-0.1, -0.05) is 0 Å². The first kappa shape index (κ1) is 13.9. The maximum absolute atomic E-state index is 10.7. The quantitative estimate of drug-likeness (QED) is 0.657. The summed E-state index contributed by atoms with van der Waals surface area (Å²) in [5.74, 6) is 0.559. The fourth-order valence-corrected chi connectivity index (χ4v) is 1.62. The molecule has 0 saturated carbocycles. The Kier molecular flexibility index (Phi) is 4.05. The second kappa shape index (κ2) is 4.97. The normalized spacial score (nSPS) is 11.4. The zero-order valence-corrected chi connectivity index (χ0v) is 11.5. The number of rotatable bonds is 4. The molecular weight excluding hydrogens is 288 g/mol. The Labute approximate surface area is 108 Å². The Morgan fingerprint density at radius 3 is 2.71 bits per heavy atom. The van der Waals surface area contributed by atoms with Crippen LogP contribution < -0.4 is 11.1 Å². The molecule has 0 aliphatic heterocycles. The topological polar surface area (TPSA) is 94.1 Å². The number of nitro groups is 1. The van der Waals surface area contributed by atoms with E-state index < -0.39 is 4.92 Å². The molecule has 17 heavy (non-hydrogen) atoms. The third-order valence-electron chi connectivity index (χ3n) is 2.40.